The summed E-state index contributed by atoms with van der Waals surface area (Å²) in [5.74, 6) is -1.04. The maximum absolute atomic E-state index is 12.5. The normalized spacial score (nSPS) is 15.4. The lowest BCUT2D eigenvalue weighted by molar-refractivity contribution is -0.138. The Labute approximate surface area is 179 Å². The summed E-state index contributed by atoms with van der Waals surface area (Å²) in [6.07, 6.45) is -1.15. The smallest absolute Gasteiger partial charge is 0.305 e. The van der Waals surface area contributed by atoms with Crippen molar-refractivity contribution < 1.29 is 28.5 Å². The van der Waals surface area contributed by atoms with Gasteiger partial charge in [-0.1, -0.05) is 88.4 Å². The van der Waals surface area contributed by atoms with Crippen LogP contribution in [-0.2, 0) is 18.3 Å². The molecule has 2 N–H and O–H groups in total. The molecular weight excluding hydrogens is 419 g/mol. The van der Waals surface area contributed by atoms with Crippen molar-refractivity contribution in [2.24, 2.45) is 0 Å². The second kappa shape index (κ2) is 10.5. The van der Waals surface area contributed by atoms with Gasteiger partial charge in [0.15, 0.2) is 8.03 Å². The summed E-state index contributed by atoms with van der Waals surface area (Å²) >= 11 is 0. The minimum Gasteiger partial charge on any atom is -0.481 e. The van der Waals surface area contributed by atoms with Gasteiger partial charge in [0, 0.05) is 0 Å². The molecule has 0 aliphatic rings. The molecule has 2 rings (SSSR count). The van der Waals surface area contributed by atoms with Gasteiger partial charge in [-0.2, -0.15) is 0 Å². The van der Waals surface area contributed by atoms with Crippen LogP contribution in [0.1, 0.15) is 34.1 Å². The van der Waals surface area contributed by atoms with Gasteiger partial charge in [-0.25, -0.2) is 0 Å². The lowest BCUT2D eigenvalue weighted by atomic mass is 10.2. The van der Waals surface area contributed by atoms with Gasteiger partial charge in [-0.3, -0.25) is 9.36 Å². The third-order valence-electron chi connectivity index (χ3n) is 5.26. The summed E-state index contributed by atoms with van der Waals surface area (Å²) in [5.41, 5.74) is -0.681. The standard InChI is InChI=1S/C22H31O6PSi/c1-17(29(26)27-16-23)20(15-21(24)25)28-30(22(2,3)4,18-11-7-5-8-12-18)19-13-9-6-10-14-19/h5-14,17,20,23,29H,15-16H2,1-4H3,(H,24,25). The maximum Gasteiger partial charge on any atom is 0.305 e. The fourth-order valence-electron chi connectivity index (χ4n) is 3.76. The first-order chi connectivity index (χ1) is 14.1. The third kappa shape index (κ3) is 5.48. The van der Waals surface area contributed by atoms with E-state index >= 15 is 0 Å². The molecule has 30 heavy (non-hydrogen) atoms. The van der Waals surface area contributed by atoms with Crippen molar-refractivity contribution in [2.75, 3.05) is 6.79 Å². The van der Waals surface area contributed by atoms with E-state index in [4.69, 9.17) is 14.1 Å². The van der Waals surface area contributed by atoms with Gasteiger partial charge in [0.2, 0.25) is 0 Å². The fraction of sp³-hybridized carbons (Fsp3) is 0.409. The molecule has 3 atom stereocenters. The van der Waals surface area contributed by atoms with E-state index in [0.29, 0.717) is 0 Å². The second-order valence-corrected chi connectivity index (χ2v) is 14.4. The average Bonchev–Trinajstić information content (AvgIpc) is 2.70. The Morgan fingerprint density at radius 2 is 1.50 bits per heavy atom. The van der Waals surface area contributed by atoms with E-state index in [2.05, 4.69) is 20.8 Å². The van der Waals surface area contributed by atoms with E-state index in [-0.39, 0.29) is 11.5 Å². The number of aliphatic carboxylic acids is 1. The number of hydrogen-bond donors (Lipinski definition) is 2. The summed E-state index contributed by atoms with van der Waals surface area (Å²) in [6.45, 7) is 7.25. The highest BCUT2D eigenvalue weighted by atomic mass is 31.1. The zero-order chi connectivity index (χ0) is 22.4. The number of carboxylic acids is 1. The molecule has 0 fully saturated rings. The van der Waals surface area contributed by atoms with E-state index in [1.807, 2.05) is 60.7 Å². The predicted molar refractivity (Wildman–Crippen MR) is 121 cm³/mol. The first-order valence-corrected chi connectivity index (χ1v) is 13.2. The molecule has 6 nitrogen and oxygen atoms in total. The van der Waals surface area contributed by atoms with Crippen LogP contribution in [0.15, 0.2) is 60.7 Å². The summed E-state index contributed by atoms with van der Waals surface area (Å²) in [4.78, 5) is 11.7. The summed E-state index contributed by atoms with van der Waals surface area (Å²) < 4.78 is 24.3. The van der Waals surface area contributed by atoms with Gasteiger partial charge in [-0.05, 0) is 15.4 Å². The number of hydrogen-bond acceptors (Lipinski definition) is 5. The second-order valence-electron chi connectivity index (χ2n) is 8.30. The highest BCUT2D eigenvalue weighted by Gasteiger charge is 2.52. The van der Waals surface area contributed by atoms with Crippen molar-refractivity contribution in [1.29, 1.82) is 0 Å². The Kier molecular flexibility index (Phi) is 8.59. The summed E-state index contributed by atoms with van der Waals surface area (Å²) in [7, 11) is -5.72. The SMILES string of the molecule is CC(C(CC(=O)O)O[Si](c1ccccc1)(c1ccccc1)C(C)(C)C)[PH](=O)OCO. The number of aliphatic hydroxyl groups is 1. The van der Waals surface area contributed by atoms with Crippen LogP contribution in [0.25, 0.3) is 0 Å². The monoisotopic (exact) mass is 450 g/mol. The van der Waals surface area contributed by atoms with E-state index < -0.39 is 40.9 Å². The van der Waals surface area contributed by atoms with Crippen LogP contribution in [0, 0.1) is 0 Å². The van der Waals surface area contributed by atoms with Crippen molar-refractivity contribution in [3.63, 3.8) is 0 Å². The molecule has 0 saturated heterocycles. The largest absolute Gasteiger partial charge is 0.481 e. The molecule has 0 spiro atoms. The Hall–Kier alpha value is -1.76. The van der Waals surface area contributed by atoms with Crippen molar-refractivity contribution >= 4 is 32.7 Å². The molecule has 3 unspecified atom stereocenters. The molecule has 0 radical (unpaired) electrons. The molecule has 0 aliphatic heterocycles. The molecule has 0 saturated carbocycles. The zero-order valence-corrected chi connectivity index (χ0v) is 19.9. The van der Waals surface area contributed by atoms with Crippen molar-refractivity contribution in [3.8, 4) is 0 Å². The van der Waals surface area contributed by atoms with Crippen LogP contribution in [0.2, 0.25) is 5.04 Å². The molecule has 164 valence electrons. The molecule has 0 aliphatic carbocycles. The molecule has 2 aromatic carbocycles. The Balaban J connectivity index is 2.68. The van der Waals surface area contributed by atoms with Gasteiger partial charge in [0.1, 0.15) is 6.79 Å². The van der Waals surface area contributed by atoms with E-state index in [9.17, 15) is 14.5 Å². The van der Waals surface area contributed by atoms with Crippen molar-refractivity contribution in [2.45, 2.75) is 50.9 Å². The molecule has 0 bridgehead atoms. The van der Waals surface area contributed by atoms with Crippen LogP contribution < -0.4 is 10.4 Å². The van der Waals surface area contributed by atoms with Crippen LogP contribution in [0.3, 0.4) is 0 Å². The van der Waals surface area contributed by atoms with Crippen LogP contribution in [0.4, 0.5) is 0 Å². The zero-order valence-electron chi connectivity index (χ0n) is 17.9. The number of aliphatic hydroxyl groups excluding tert-OH is 1. The van der Waals surface area contributed by atoms with Gasteiger partial charge in [0.05, 0.1) is 18.2 Å². The summed E-state index contributed by atoms with van der Waals surface area (Å²) in [5, 5.41) is 20.2. The van der Waals surface area contributed by atoms with Gasteiger partial charge in [-0.15, -0.1) is 0 Å². The lowest BCUT2D eigenvalue weighted by Gasteiger charge is -2.45. The van der Waals surface area contributed by atoms with Crippen molar-refractivity contribution in [3.05, 3.63) is 60.7 Å². The molecule has 0 amide bonds. The Morgan fingerprint density at radius 3 is 1.87 bits per heavy atom. The molecular formula is C22H31O6PSi. The fourth-order valence-corrected chi connectivity index (χ4v) is 9.53. The number of carboxylic acid groups (broad SMARTS) is 1. The van der Waals surface area contributed by atoms with Crippen LogP contribution >= 0.6 is 8.03 Å². The van der Waals surface area contributed by atoms with Crippen molar-refractivity contribution in [1.82, 2.24) is 0 Å². The van der Waals surface area contributed by atoms with Gasteiger partial charge < -0.3 is 19.2 Å². The highest BCUT2D eigenvalue weighted by Crippen LogP contribution is 2.41. The number of benzene rings is 2. The third-order valence-corrected chi connectivity index (χ3v) is 11.8. The molecule has 8 heteroatoms. The van der Waals surface area contributed by atoms with E-state index in [1.54, 1.807) is 6.92 Å². The predicted octanol–water partition coefficient (Wildman–Crippen LogP) is 3.24. The minimum atomic E-state index is -3.01. The number of carbonyl (C=O) groups is 1. The quantitative estimate of drug-likeness (QED) is 0.328. The van der Waals surface area contributed by atoms with E-state index in [1.165, 1.54) is 0 Å². The first kappa shape index (κ1) is 24.5. The van der Waals surface area contributed by atoms with Gasteiger partial charge in [0.25, 0.3) is 8.32 Å². The molecule has 0 aromatic heterocycles. The first-order valence-electron chi connectivity index (χ1n) is 9.91. The lowest BCUT2D eigenvalue weighted by Crippen LogP contribution is -2.68. The average molecular weight is 451 g/mol. The Morgan fingerprint density at radius 1 is 1.03 bits per heavy atom. The van der Waals surface area contributed by atoms with Gasteiger partial charge >= 0.3 is 5.97 Å². The molecule has 0 heterocycles. The Bertz CT molecular complexity index is 798. The van der Waals surface area contributed by atoms with Crippen LogP contribution in [0.5, 0.6) is 0 Å². The maximum atomic E-state index is 12.5. The van der Waals surface area contributed by atoms with E-state index in [0.717, 1.165) is 10.4 Å². The molecule has 2 aromatic rings. The minimum absolute atomic E-state index is 0.309. The number of rotatable bonds is 10. The van der Waals surface area contributed by atoms with Crippen LogP contribution in [-0.4, -0.2) is 43.1 Å². The summed E-state index contributed by atoms with van der Waals surface area (Å²) in [6, 6.07) is 19.7. The topological polar surface area (TPSA) is 93.1 Å². The highest BCUT2D eigenvalue weighted by molar-refractivity contribution is 7.40.